The van der Waals surface area contributed by atoms with E-state index in [1.54, 1.807) is 17.0 Å². The molecule has 0 bridgehead atoms. The van der Waals surface area contributed by atoms with E-state index in [0.29, 0.717) is 36.0 Å². The Morgan fingerprint density at radius 3 is 2.43 bits per heavy atom. The number of thioether (sulfide) groups is 1. The normalized spacial score (nSPS) is 14.1. The van der Waals surface area contributed by atoms with Crippen molar-refractivity contribution in [2.75, 3.05) is 35.6 Å². The summed E-state index contributed by atoms with van der Waals surface area (Å²) >= 11 is 1.83. The van der Waals surface area contributed by atoms with E-state index in [0.717, 1.165) is 17.1 Å². The summed E-state index contributed by atoms with van der Waals surface area (Å²) < 4.78 is 14.8. The van der Waals surface area contributed by atoms with Gasteiger partial charge in [0.25, 0.3) is 0 Å². The second-order valence-corrected chi connectivity index (χ2v) is 7.62. The van der Waals surface area contributed by atoms with E-state index in [4.69, 9.17) is 5.73 Å². The minimum Gasteiger partial charge on any atom is -0.382 e. The molecule has 1 aromatic heterocycles. The van der Waals surface area contributed by atoms with Crippen LogP contribution < -0.4 is 11.1 Å². The van der Waals surface area contributed by atoms with Gasteiger partial charge in [-0.15, -0.1) is 0 Å². The lowest BCUT2D eigenvalue weighted by molar-refractivity contribution is 0.217. The molecule has 4 rings (SSSR count). The van der Waals surface area contributed by atoms with Gasteiger partial charge in [0.05, 0.1) is 5.69 Å². The number of aromatic nitrogens is 2. The van der Waals surface area contributed by atoms with E-state index in [1.807, 2.05) is 42.1 Å². The van der Waals surface area contributed by atoms with Crippen LogP contribution in [-0.4, -0.2) is 45.3 Å². The van der Waals surface area contributed by atoms with E-state index in [2.05, 4.69) is 10.4 Å². The molecule has 0 radical (unpaired) electrons. The summed E-state index contributed by atoms with van der Waals surface area (Å²) in [5.41, 5.74) is 8.84. The minimum atomic E-state index is -0.339. The van der Waals surface area contributed by atoms with Gasteiger partial charge in [-0.2, -0.15) is 16.9 Å². The fourth-order valence-corrected chi connectivity index (χ4v) is 3.99. The van der Waals surface area contributed by atoms with Gasteiger partial charge in [0, 0.05) is 30.2 Å². The van der Waals surface area contributed by atoms with Gasteiger partial charge >= 0.3 is 6.03 Å². The number of hydrogen-bond donors (Lipinski definition) is 2. The number of benzene rings is 2. The highest BCUT2D eigenvalue weighted by atomic mass is 32.2. The molecule has 3 aromatic rings. The van der Waals surface area contributed by atoms with Crippen molar-refractivity contribution < 1.29 is 9.18 Å². The first kappa shape index (κ1) is 18.4. The molecule has 0 unspecified atom stereocenters. The number of carbonyl (C=O) groups is 1. The summed E-state index contributed by atoms with van der Waals surface area (Å²) in [6.07, 6.45) is 0. The van der Waals surface area contributed by atoms with Crippen molar-refractivity contribution in [3.8, 4) is 16.9 Å². The number of nitrogens with two attached hydrogens (primary N) is 1. The topological polar surface area (TPSA) is 76.2 Å². The van der Waals surface area contributed by atoms with E-state index in [-0.39, 0.29) is 11.8 Å². The second-order valence-electron chi connectivity index (χ2n) is 6.39. The van der Waals surface area contributed by atoms with Gasteiger partial charge in [-0.25, -0.2) is 13.9 Å². The molecular weight excluding hydrogens is 377 g/mol. The van der Waals surface area contributed by atoms with Crippen LogP contribution in [0.15, 0.2) is 54.6 Å². The quantitative estimate of drug-likeness (QED) is 0.704. The summed E-state index contributed by atoms with van der Waals surface area (Å²) in [7, 11) is 0. The second kappa shape index (κ2) is 7.93. The molecule has 0 spiro atoms. The van der Waals surface area contributed by atoms with Crippen LogP contribution in [0.25, 0.3) is 16.9 Å². The summed E-state index contributed by atoms with van der Waals surface area (Å²) in [5.74, 6) is 1.80. The van der Waals surface area contributed by atoms with Crippen molar-refractivity contribution >= 4 is 29.3 Å². The monoisotopic (exact) mass is 397 g/mol. The average molecular weight is 397 g/mol. The number of nitrogens with one attached hydrogen (secondary N) is 1. The van der Waals surface area contributed by atoms with Crippen molar-refractivity contribution in [3.63, 3.8) is 0 Å². The molecule has 28 heavy (non-hydrogen) atoms. The number of halogens is 1. The van der Waals surface area contributed by atoms with Gasteiger partial charge in [-0.05, 0) is 24.3 Å². The number of amides is 2. The maximum absolute atomic E-state index is 13.3. The SMILES string of the molecule is Nc1c(NC(=O)N2CCSCC2)c(-c2ccccc2)nn1-c1ccc(F)cc1. The zero-order chi connectivity index (χ0) is 19.5. The molecule has 0 atom stereocenters. The van der Waals surface area contributed by atoms with Crippen LogP contribution >= 0.6 is 11.8 Å². The van der Waals surface area contributed by atoms with Gasteiger partial charge in [0.2, 0.25) is 0 Å². The standard InChI is InChI=1S/C20H20FN5OS/c21-15-6-8-16(9-7-15)26-19(22)18(17(24-26)14-4-2-1-3-5-14)23-20(27)25-10-12-28-13-11-25/h1-9H,10-13,22H2,(H,23,27). The van der Waals surface area contributed by atoms with E-state index in [1.165, 1.54) is 16.8 Å². The number of hydrogen-bond acceptors (Lipinski definition) is 4. The molecule has 1 aliphatic heterocycles. The van der Waals surface area contributed by atoms with Crippen molar-refractivity contribution in [2.45, 2.75) is 0 Å². The number of rotatable bonds is 3. The average Bonchev–Trinajstić information content (AvgIpc) is 3.06. The predicted octanol–water partition coefficient (Wildman–Crippen LogP) is 3.84. The van der Waals surface area contributed by atoms with Gasteiger partial charge in [0.1, 0.15) is 17.2 Å². The Labute approximate surface area is 166 Å². The Morgan fingerprint density at radius 1 is 1.07 bits per heavy atom. The van der Waals surface area contributed by atoms with Crippen LogP contribution in [0, 0.1) is 5.82 Å². The number of anilines is 2. The summed E-state index contributed by atoms with van der Waals surface area (Å²) in [6.45, 7) is 1.40. The molecule has 0 aliphatic carbocycles. The van der Waals surface area contributed by atoms with Crippen molar-refractivity contribution in [1.29, 1.82) is 0 Å². The van der Waals surface area contributed by atoms with E-state index < -0.39 is 0 Å². The van der Waals surface area contributed by atoms with Gasteiger partial charge < -0.3 is 16.0 Å². The third-order valence-electron chi connectivity index (χ3n) is 4.57. The third-order valence-corrected chi connectivity index (χ3v) is 5.51. The van der Waals surface area contributed by atoms with Crippen molar-refractivity contribution in [1.82, 2.24) is 14.7 Å². The first-order chi connectivity index (χ1) is 13.6. The molecular formula is C20H20FN5OS. The Balaban J connectivity index is 1.74. The van der Waals surface area contributed by atoms with Crippen LogP contribution in [0.4, 0.5) is 20.7 Å². The number of nitrogen functional groups attached to an aromatic ring is 1. The van der Waals surface area contributed by atoms with Gasteiger partial charge in [0.15, 0.2) is 5.82 Å². The molecule has 1 aliphatic rings. The fraction of sp³-hybridized carbons (Fsp3) is 0.200. The largest absolute Gasteiger partial charge is 0.382 e. The Kier molecular flexibility index (Phi) is 5.21. The first-order valence-electron chi connectivity index (χ1n) is 8.97. The third kappa shape index (κ3) is 3.68. The molecule has 2 amide bonds. The summed E-state index contributed by atoms with van der Waals surface area (Å²) in [4.78, 5) is 14.5. The lowest BCUT2D eigenvalue weighted by Crippen LogP contribution is -2.40. The molecule has 2 aromatic carbocycles. The summed E-state index contributed by atoms with van der Waals surface area (Å²) in [6, 6.07) is 15.2. The van der Waals surface area contributed by atoms with E-state index in [9.17, 15) is 9.18 Å². The highest BCUT2D eigenvalue weighted by molar-refractivity contribution is 7.99. The number of urea groups is 1. The van der Waals surface area contributed by atoms with Gasteiger partial charge in [-0.1, -0.05) is 30.3 Å². The zero-order valence-corrected chi connectivity index (χ0v) is 16.0. The zero-order valence-electron chi connectivity index (χ0n) is 15.1. The molecule has 2 heterocycles. The highest BCUT2D eigenvalue weighted by Gasteiger charge is 2.23. The lowest BCUT2D eigenvalue weighted by Gasteiger charge is -2.26. The highest BCUT2D eigenvalue weighted by Crippen LogP contribution is 2.34. The van der Waals surface area contributed by atoms with Crippen LogP contribution in [0.3, 0.4) is 0 Å². The number of carbonyl (C=O) groups excluding carboxylic acids is 1. The lowest BCUT2D eigenvalue weighted by atomic mass is 10.1. The predicted molar refractivity (Wildman–Crippen MR) is 111 cm³/mol. The molecule has 1 fully saturated rings. The number of nitrogens with zero attached hydrogens (tertiary/aromatic N) is 3. The van der Waals surface area contributed by atoms with Crippen LogP contribution in [0.5, 0.6) is 0 Å². The molecule has 8 heteroatoms. The van der Waals surface area contributed by atoms with Crippen molar-refractivity contribution in [2.24, 2.45) is 0 Å². The molecule has 1 saturated heterocycles. The van der Waals surface area contributed by atoms with Crippen LogP contribution in [0.2, 0.25) is 0 Å². The fourth-order valence-electron chi connectivity index (χ4n) is 3.08. The minimum absolute atomic E-state index is 0.192. The van der Waals surface area contributed by atoms with Gasteiger partial charge in [-0.3, -0.25) is 0 Å². The summed E-state index contributed by atoms with van der Waals surface area (Å²) in [5, 5.41) is 7.55. The molecule has 6 nitrogen and oxygen atoms in total. The molecule has 144 valence electrons. The first-order valence-corrected chi connectivity index (χ1v) is 10.1. The smallest absolute Gasteiger partial charge is 0.322 e. The Hall–Kier alpha value is -3.00. The maximum Gasteiger partial charge on any atom is 0.322 e. The Morgan fingerprint density at radius 2 is 1.75 bits per heavy atom. The van der Waals surface area contributed by atoms with E-state index >= 15 is 0 Å². The van der Waals surface area contributed by atoms with Crippen LogP contribution in [0.1, 0.15) is 0 Å². The molecule has 3 N–H and O–H groups in total. The molecule has 0 saturated carbocycles. The Bertz CT molecular complexity index is 968. The van der Waals surface area contributed by atoms with Crippen molar-refractivity contribution in [3.05, 3.63) is 60.4 Å². The van der Waals surface area contributed by atoms with Crippen LogP contribution in [-0.2, 0) is 0 Å². The maximum atomic E-state index is 13.3.